The molecule has 4 heteroatoms. The fourth-order valence-corrected chi connectivity index (χ4v) is 1.98. The van der Waals surface area contributed by atoms with E-state index in [1.807, 2.05) is 24.5 Å². The van der Waals surface area contributed by atoms with Crippen molar-refractivity contribution >= 4 is 15.9 Å². The lowest BCUT2D eigenvalue weighted by atomic mass is 10.1. The largest absolute Gasteiger partial charge is 0.308 e. The van der Waals surface area contributed by atoms with Crippen LogP contribution >= 0.6 is 15.9 Å². The maximum absolute atomic E-state index is 4.43. The number of hydrogen-bond donors (Lipinski definition) is 1. The van der Waals surface area contributed by atoms with Crippen molar-refractivity contribution in [2.45, 2.75) is 39.3 Å². The Morgan fingerprint density at radius 1 is 1.00 bits per heavy atom. The van der Waals surface area contributed by atoms with Crippen LogP contribution in [0.4, 0.5) is 0 Å². The van der Waals surface area contributed by atoms with E-state index in [1.54, 1.807) is 0 Å². The van der Waals surface area contributed by atoms with Gasteiger partial charge in [0.15, 0.2) is 0 Å². The van der Waals surface area contributed by atoms with Crippen molar-refractivity contribution in [3.05, 3.63) is 58.1 Å². The predicted molar refractivity (Wildman–Crippen MR) is 85.6 cm³/mol. The average molecular weight is 334 g/mol. The summed E-state index contributed by atoms with van der Waals surface area (Å²) in [6.45, 7) is 7.24. The van der Waals surface area contributed by atoms with Crippen LogP contribution in [0.1, 0.15) is 37.7 Å². The van der Waals surface area contributed by atoms with Gasteiger partial charge in [0.2, 0.25) is 0 Å². The van der Waals surface area contributed by atoms with Crippen LogP contribution in [-0.2, 0) is 13.0 Å². The minimum atomic E-state index is 0.107. The Labute approximate surface area is 129 Å². The van der Waals surface area contributed by atoms with Gasteiger partial charge in [0.05, 0.1) is 0 Å². The van der Waals surface area contributed by atoms with Crippen LogP contribution in [0.25, 0.3) is 0 Å². The zero-order valence-electron chi connectivity index (χ0n) is 12.2. The van der Waals surface area contributed by atoms with Crippen LogP contribution in [0.2, 0.25) is 0 Å². The number of rotatable bonds is 4. The molecule has 0 bridgehead atoms. The van der Waals surface area contributed by atoms with Crippen LogP contribution in [0.15, 0.2) is 41.1 Å². The minimum Gasteiger partial charge on any atom is -0.308 e. The van der Waals surface area contributed by atoms with Gasteiger partial charge in [-0.3, -0.25) is 0 Å². The van der Waals surface area contributed by atoms with E-state index in [2.05, 4.69) is 64.1 Å². The highest BCUT2D eigenvalue weighted by atomic mass is 79.9. The zero-order chi connectivity index (χ0) is 14.6. The van der Waals surface area contributed by atoms with Gasteiger partial charge in [-0.15, -0.1) is 0 Å². The van der Waals surface area contributed by atoms with E-state index >= 15 is 0 Å². The SMILES string of the molecule is CC(C)(C)NCc1cnc(Cc2ccc(Br)cc2)nc1. The van der Waals surface area contributed by atoms with Crippen molar-refractivity contribution in [2.75, 3.05) is 0 Å². The van der Waals surface area contributed by atoms with E-state index < -0.39 is 0 Å². The van der Waals surface area contributed by atoms with Crippen LogP contribution in [-0.4, -0.2) is 15.5 Å². The van der Waals surface area contributed by atoms with Crippen molar-refractivity contribution in [3.8, 4) is 0 Å². The standard InChI is InChI=1S/C16H20BrN3/c1-16(2,3)20-11-13-9-18-15(19-10-13)8-12-4-6-14(17)7-5-12/h4-7,9-10,20H,8,11H2,1-3H3. The minimum absolute atomic E-state index is 0.107. The number of nitrogens with one attached hydrogen (secondary N) is 1. The Hall–Kier alpha value is -1.26. The summed E-state index contributed by atoms with van der Waals surface area (Å²) in [6.07, 6.45) is 4.57. The molecule has 0 unspecified atom stereocenters. The molecule has 3 nitrogen and oxygen atoms in total. The van der Waals surface area contributed by atoms with Crippen LogP contribution < -0.4 is 5.32 Å². The molecule has 1 aromatic heterocycles. The molecule has 2 rings (SSSR count). The van der Waals surface area contributed by atoms with Crippen LogP contribution in [0, 0.1) is 0 Å². The summed E-state index contributed by atoms with van der Waals surface area (Å²) in [5.41, 5.74) is 2.43. The lowest BCUT2D eigenvalue weighted by Crippen LogP contribution is -2.35. The molecule has 0 amide bonds. The van der Waals surface area contributed by atoms with Gasteiger partial charge in [-0.25, -0.2) is 9.97 Å². The average Bonchev–Trinajstić information content (AvgIpc) is 2.40. The monoisotopic (exact) mass is 333 g/mol. The quantitative estimate of drug-likeness (QED) is 0.926. The van der Waals surface area contributed by atoms with E-state index in [1.165, 1.54) is 5.56 Å². The van der Waals surface area contributed by atoms with E-state index in [0.29, 0.717) is 0 Å². The highest BCUT2D eigenvalue weighted by Crippen LogP contribution is 2.12. The molecule has 106 valence electrons. The summed E-state index contributed by atoms with van der Waals surface area (Å²) in [7, 11) is 0. The summed E-state index contributed by atoms with van der Waals surface area (Å²) < 4.78 is 1.09. The zero-order valence-corrected chi connectivity index (χ0v) is 13.7. The second-order valence-corrected chi connectivity index (χ2v) is 6.83. The lowest BCUT2D eigenvalue weighted by molar-refractivity contribution is 0.423. The van der Waals surface area contributed by atoms with Crippen molar-refractivity contribution in [1.82, 2.24) is 15.3 Å². The Kier molecular flexibility index (Phi) is 4.89. The maximum atomic E-state index is 4.43. The normalized spacial score (nSPS) is 11.6. The molecule has 20 heavy (non-hydrogen) atoms. The summed E-state index contributed by atoms with van der Waals surface area (Å²) in [5, 5.41) is 3.43. The van der Waals surface area contributed by atoms with E-state index in [-0.39, 0.29) is 5.54 Å². The third kappa shape index (κ3) is 5.02. The summed E-state index contributed by atoms with van der Waals surface area (Å²) >= 11 is 3.44. The number of nitrogens with zero attached hydrogens (tertiary/aromatic N) is 2. The molecular weight excluding hydrogens is 314 g/mol. The van der Waals surface area contributed by atoms with Gasteiger partial charge in [-0.2, -0.15) is 0 Å². The Bertz CT molecular complexity index is 541. The molecule has 2 aromatic rings. The first-order valence-corrected chi connectivity index (χ1v) is 7.51. The second kappa shape index (κ2) is 6.46. The molecule has 1 heterocycles. The number of aromatic nitrogens is 2. The summed E-state index contributed by atoms with van der Waals surface area (Å²) in [5.74, 6) is 0.854. The van der Waals surface area contributed by atoms with E-state index in [9.17, 15) is 0 Å². The Morgan fingerprint density at radius 2 is 1.60 bits per heavy atom. The first-order chi connectivity index (χ1) is 9.42. The molecule has 0 saturated heterocycles. The van der Waals surface area contributed by atoms with E-state index in [0.717, 1.165) is 28.8 Å². The van der Waals surface area contributed by atoms with Crippen molar-refractivity contribution in [1.29, 1.82) is 0 Å². The van der Waals surface area contributed by atoms with Crippen LogP contribution in [0.3, 0.4) is 0 Å². The van der Waals surface area contributed by atoms with Crippen molar-refractivity contribution < 1.29 is 0 Å². The van der Waals surface area contributed by atoms with Gasteiger partial charge in [-0.1, -0.05) is 28.1 Å². The topological polar surface area (TPSA) is 37.8 Å². The number of halogens is 1. The van der Waals surface area contributed by atoms with Gasteiger partial charge in [0, 0.05) is 40.9 Å². The van der Waals surface area contributed by atoms with Crippen molar-refractivity contribution in [3.63, 3.8) is 0 Å². The molecule has 1 aromatic carbocycles. The highest BCUT2D eigenvalue weighted by molar-refractivity contribution is 9.10. The molecular formula is C16H20BrN3. The second-order valence-electron chi connectivity index (χ2n) is 5.91. The molecule has 0 saturated carbocycles. The van der Waals surface area contributed by atoms with Crippen molar-refractivity contribution in [2.24, 2.45) is 0 Å². The molecule has 0 aliphatic heterocycles. The smallest absolute Gasteiger partial charge is 0.132 e. The molecule has 0 fully saturated rings. The first kappa shape index (κ1) is 15.1. The fraction of sp³-hybridized carbons (Fsp3) is 0.375. The number of benzene rings is 1. The Morgan fingerprint density at radius 3 is 2.15 bits per heavy atom. The van der Waals surface area contributed by atoms with Gasteiger partial charge < -0.3 is 5.32 Å². The third-order valence-electron chi connectivity index (χ3n) is 2.86. The molecule has 0 atom stereocenters. The lowest BCUT2D eigenvalue weighted by Gasteiger charge is -2.20. The molecule has 0 radical (unpaired) electrons. The van der Waals surface area contributed by atoms with E-state index in [4.69, 9.17) is 0 Å². The Balaban J connectivity index is 1.96. The van der Waals surface area contributed by atoms with Gasteiger partial charge in [-0.05, 0) is 38.5 Å². The molecule has 0 aliphatic carbocycles. The van der Waals surface area contributed by atoms with Gasteiger partial charge in [0.1, 0.15) is 5.82 Å². The fourth-order valence-electron chi connectivity index (χ4n) is 1.72. The molecule has 1 N–H and O–H groups in total. The molecule has 0 aliphatic rings. The summed E-state index contributed by atoms with van der Waals surface area (Å²) in [4.78, 5) is 8.87. The maximum Gasteiger partial charge on any atom is 0.132 e. The number of hydrogen-bond acceptors (Lipinski definition) is 3. The molecule has 0 spiro atoms. The van der Waals surface area contributed by atoms with Gasteiger partial charge in [0.25, 0.3) is 0 Å². The highest BCUT2D eigenvalue weighted by Gasteiger charge is 2.08. The van der Waals surface area contributed by atoms with Crippen LogP contribution in [0.5, 0.6) is 0 Å². The third-order valence-corrected chi connectivity index (χ3v) is 3.39. The van der Waals surface area contributed by atoms with Gasteiger partial charge >= 0.3 is 0 Å². The predicted octanol–water partition coefficient (Wildman–Crippen LogP) is 3.72. The first-order valence-electron chi connectivity index (χ1n) is 6.72. The summed E-state index contributed by atoms with van der Waals surface area (Å²) in [6, 6.07) is 8.25.